The SMILES string of the molecule is Cc1oc2ccc(Cl)cc2c1CCCN. The second kappa shape index (κ2) is 4.25. The molecule has 15 heavy (non-hydrogen) atoms. The van der Waals surface area contributed by atoms with E-state index in [9.17, 15) is 0 Å². The van der Waals surface area contributed by atoms with Crippen LogP contribution in [0.5, 0.6) is 0 Å². The smallest absolute Gasteiger partial charge is 0.134 e. The van der Waals surface area contributed by atoms with Crippen LogP contribution in [-0.2, 0) is 6.42 Å². The summed E-state index contributed by atoms with van der Waals surface area (Å²) in [5, 5.41) is 1.87. The lowest BCUT2D eigenvalue weighted by Gasteiger charge is -1.98. The molecule has 2 rings (SSSR count). The van der Waals surface area contributed by atoms with Gasteiger partial charge in [0.1, 0.15) is 11.3 Å². The Balaban J connectivity index is 2.50. The van der Waals surface area contributed by atoms with Crippen LogP contribution in [-0.4, -0.2) is 6.54 Å². The molecule has 0 amide bonds. The second-order valence-electron chi connectivity index (χ2n) is 3.67. The van der Waals surface area contributed by atoms with Crippen LogP contribution in [0.25, 0.3) is 11.0 Å². The first-order valence-electron chi connectivity index (χ1n) is 5.10. The molecule has 1 aromatic carbocycles. The Morgan fingerprint density at radius 1 is 1.40 bits per heavy atom. The summed E-state index contributed by atoms with van der Waals surface area (Å²) in [6, 6.07) is 5.72. The Kier molecular flexibility index (Phi) is 2.98. The van der Waals surface area contributed by atoms with Crippen LogP contribution in [0.15, 0.2) is 22.6 Å². The summed E-state index contributed by atoms with van der Waals surface area (Å²) in [4.78, 5) is 0. The molecular weight excluding hydrogens is 210 g/mol. The molecular formula is C12H14ClNO. The molecule has 0 unspecified atom stereocenters. The van der Waals surface area contributed by atoms with Crippen molar-refractivity contribution in [1.29, 1.82) is 0 Å². The maximum Gasteiger partial charge on any atom is 0.134 e. The van der Waals surface area contributed by atoms with Gasteiger partial charge in [-0.05, 0) is 44.5 Å². The number of fused-ring (bicyclic) bond motifs is 1. The molecule has 2 nitrogen and oxygen atoms in total. The quantitative estimate of drug-likeness (QED) is 0.868. The molecule has 0 saturated carbocycles. The average molecular weight is 224 g/mol. The van der Waals surface area contributed by atoms with E-state index < -0.39 is 0 Å². The van der Waals surface area contributed by atoms with Gasteiger partial charge in [0, 0.05) is 16.0 Å². The van der Waals surface area contributed by atoms with Gasteiger partial charge in [-0.2, -0.15) is 0 Å². The van der Waals surface area contributed by atoms with Gasteiger partial charge in [0.15, 0.2) is 0 Å². The molecule has 2 N–H and O–H groups in total. The third-order valence-corrected chi connectivity index (χ3v) is 2.82. The van der Waals surface area contributed by atoms with Crippen molar-refractivity contribution in [3.05, 3.63) is 34.5 Å². The summed E-state index contributed by atoms with van der Waals surface area (Å²) in [6.07, 6.45) is 1.93. The number of rotatable bonds is 3. The topological polar surface area (TPSA) is 39.2 Å². The van der Waals surface area contributed by atoms with E-state index >= 15 is 0 Å². The monoisotopic (exact) mass is 223 g/mol. The van der Waals surface area contributed by atoms with Crippen LogP contribution in [0.2, 0.25) is 5.02 Å². The first-order valence-corrected chi connectivity index (χ1v) is 5.48. The number of benzene rings is 1. The van der Waals surface area contributed by atoms with Gasteiger partial charge in [-0.1, -0.05) is 11.6 Å². The molecule has 2 aromatic rings. The summed E-state index contributed by atoms with van der Waals surface area (Å²) in [6.45, 7) is 2.69. The minimum absolute atomic E-state index is 0.701. The van der Waals surface area contributed by atoms with Crippen molar-refractivity contribution < 1.29 is 4.42 Å². The van der Waals surface area contributed by atoms with Gasteiger partial charge in [0.05, 0.1) is 0 Å². The van der Waals surface area contributed by atoms with Gasteiger partial charge in [0.2, 0.25) is 0 Å². The van der Waals surface area contributed by atoms with Crippen molar-refractivity contribution in [2.45, 2.75) is 19.8 Å². The van der Waals surface area contributed by atoms with E-state index in [1.54, 1.807) is 0 Å². The average Bonchev–Trinajstić information content (AvgIpc) is 2.51. The van der Waals surface area contributed by atoms with Crippen molar-refractivity contribution in [1.82, 2.24) is 0 Å². The maximum atomic E-state index is 5.97. The largest absolute Gasteiger partial charge is 0.461 e. The van der Waals surface area contributed by atoms with Crippen LogP contribution in [0.1, 0.15) is 17.7 Å². The van der Waals surface area contributed by atoms with Gasteiger partial charge < -0.3 is 10.2 Å². The molecule has 0 fully saturated rings. The third kappa shape index (κ3) is 2.01. The normalized spacial score (nSPS) is 11.1. The minimum Gasteiger partial charge on any atom is -0.461 e. The zero-order valence-electron chi connectivity index (χ0n) is 8.72. The fourth-order valence-corrected chi connectivity index (χ4v) is 2.00. The van der Waals surface area contributed by atoms with E-state index in [-0.39, 0.29) is 0 Å². The summed E-state index contributed by atoms with van der Waals surface area (Å²) >= 11 is 5.97. The summed E-state index contributed by atoms with van der Waals surface area (Å²) in [5.74, 6) is 0.973. The van der Waals surface area contributed by atoms with Gasteiger partial charge in [-0.3, -0.25) is 0 Å². The van der Waals surface area contributed by atoms with E-state index in [1.807, 2.05) is 25.1 Å². The van der Waals surface area contributed by atoms with E-state index in [1.165, 1.54) is 5.56 Å². The second-order valence-corrected chi connectivity index (χ2v) is 4.11. The lowest BCUT2D eigenvalue weighted by molar-refractivity contribution is 0.570. The van der Waals surface area contributed by atoms with E-state index in [0.29, 0.717) is 6.54 Å². The molecule has 0 aliphatic carbocycles. The van der Waals surface area contributed by atoms with E-state index in [2.05, 4.69) is 0 Å². The van der Waals surface area contributed by atoms with Crippen LogP contribution in [0, 0.1) is 6.92 Å². The molecule has 0 atom stereocenters. The highest BCUT2D eigenvalue weighted by Gasteiger charge is 2.10. The van der Waals surface area contributed by atoms with Crippen molar-refractivity contribution in [2.24, 2.45) is 5.73 Å². The number of halogens is 1. The van der Waals surface area contributed by atoms with Gasteiger partial charge in [-0.25, -0.2) is 0 Å². The van der Waals surface area contributed by atoms with Gasteiger partial charge in [-0.15, -0.1) is 0 Å². The van der Waals surface area contributed by atoms with Gasteiger partial charge in [0.25, 0.3) is 0 Å². The summed E-state index contributed by atoms with van der Waals surface area (Å²) in [7, 11) is 0. The van der Waals surface area contributed by atoms with Crippen molar-refractivity contribution in [3.63, 3.8) is 0 Å². The van der Waals surface area contributed by atoms with Gasteiger partial charge >= 0.3 is 0 Å². The summed E-state index contributed by atoms with van der Waals surface area (Å²) in [5.41, 5.74) is 7.65. The molecule has 80 valence electrons. The number of furan rings is 1. The molecule has 0 aliphatic rings. The van der Waals surface area contributed by atoms with Crippen LogP contribution in [0.3, 0.4) is 0 Å². The van der Waals surface area contributed by atoms with E-state index in [4.69, 9.17) is 21.8 Å². The molecule has 0 saturated heterocycles. The van der Waals surface area contributed by atoms with Crippen molar-refractivity contribution >= 4 is 22.6 Å². The van der Waals surface area contributed by atoms with Crippen molar-refractivity contribution in [3.8, 4) is 0 Å². The molecule has 0 bridgehead atoms. The lowest BCUT2D eigenvalue weighted by atomic mass is 10.1. The maximum absolute atomic E-state index is 5.97. The van der Waals surface area contributed by atoms with Crippen LogP contribution >= 0.6 is 11.6 Å². The zero-order chi connectivity index (χ0) is 10.8. The molecule has 0 aliphatic heterocycles. The number of hydrogen-bond acceptors (Lipinski definition) is 2. The fraction of sp³-hybridized carbons (Fsp3) is 0.333. The van der Waals surface area contributed by atoms with Crippen LogP contribution < -0.4 is 5.73 Å². The minimum atomic E-state index is 0.701. The Labute approximate surface area is 94.0 Å². The predicted molar refractivity (Wildman–Crippen MR) is 63.3 cm³/mol. The van der Waals surface area contributed by atoms with E-state index in [0.717, 1.165) is 34.6 Å². The molecule has 1 aromatic heterocycles. The Bertz CT molecular complexity index is 476. The highest BCUT2D eigenvalue weighted by molar-refractivity contribution is 6.31. The Morgan fingerprint density at radius 3 is 2.93 bits per heavy atom. The number of hydrogen-bond donors (Lipinski definition) is 1. The molecule has 0 radical (unpaired) electrons. The molecule has 3 heteroatoms. The van der Waals surface area contributed by atoms with Crippen molar-refractivity contribution in [2.75, 3.05) is 6.54 Å². The molecule has 1 heterocycles. The fourth-order valence-electron chi connectivity index (χ4n) is 1.83. The zero-order valence-corrected chi connectivity index (χ0v) is 9.47. The summed E-state index contributed by atoms with van der Waals surface area (Å²) < 4.78 is 5.65. The Hall–Kier alpha value is -0.990. The first kappa shape index (κ1) is 10.5. The molecule has 0 spiro atoms. The first-order chi connectivity index (χ1) is 7.22. The predicted octanol–water partition coefficient (Wildman–Crippen LogP) is 3.29. The number of nitrogens with two attached hydrogens (primary N) is 1. The highest BCUT2D eigenvalue weighted by atomic mass is 35.5. The Morgan fingerprint density at radius 2 is 2.20 bits per heavy atom. The van der Waals surface area contributed by atoms with Crippen LogP contribution in [0.4, 0.5) is 0 Å². The highest BCUT2D eigenvalue weighted by Crippen LogP contribution is 2.28. The standard InChI is InChI=1S/C12H14ClNO/c1-8-10(3-2-6-14)11-7-9(13)4-5-12(11)15-8/h4-5,7H,2-3,6,14H2,1H3. The lowest BCUT2D eigenvalue weighted by Crippen LogP contribution is -2.00. The third-order valence-electron chi connectivity index (χ3n) is 2.59. The number of aryl methyl sites for hydroxylation is 2.